The lowest BCUT2D eigenvalue weighted by atomic mass is 9.85. The molecule has 1 saturated heterocycles. The van der Waals surface area contributed by atoms with Gasteiger partial charge in [-0.25, -0.2) is 0 Å². The van der Waals surface area contributed by atoms with Crippen LogP contribution in [0.15, 0.2) is 42.5 Å². The summed E-state index contributed by atoms with van der Waals surface area (Å²) in [6.07, 6.45) is 1.51. The van der Waals surface area contributed by atoms with Crippen molar-refractivity contribution in [3.63, 3.8) is 0 Å². The molecule has 0 amide bonds. The van der Waals surface area contributed by atoms with Crippen LogP contribution in [-0.4, -0.2) is 48.3 Å². The van der Waals surface area contributed by atoms with Crippen LogP contribution in [-0.2, 0) is 12.8 Å². The highest BCUT2D eigenvalue weighted by Gasteiger charge is 2.34. The number of aliphatic hydroxyl groups is 1. The molecule has 4 rings (SSSR count). The molecule has 0 spiro atoms. The van der Waals surface area contributed by atoms with E-state index in [2.05, 4.69) is 81.8 Å². The molecular weight excluding hydrogens is 423 g/mol. The van der Waals surface area contributed by atoms with E-state index < -0.39 is 0 Å². The summed E-state index contributed by atoms with van der Waals surface area (Å²) in [4.78, 5) is 4.96. The average Bonchev–Trinajstić information content (AvgIpc) is 2.62. The number of aliphatic hydroxyl groups excluding tert-OH is 1. The topological polar surface area (TPSA) is 26.7 Å². The molecule has 25 heavy (non-hydrogen) atoms. The van der Waals surface area contributed by atoms with Crippen molar-refractivity contribution in [2.75, 3.05) is 31.1 Å². The number of fused-ring (bicyclic) bond motifs is 1. The zero-order chi connectivity index (χ0) is 17.4. The zero-order valence-corrected chi connectivity index (χ0v) is 16.8. The predicted octanol–water partition coefficient (Wildman–Crippen LogP) is 3.25. The fourth-order valence-corrected chi connectivity index (χ4v) is 4.94. The minimum atomic E-state index is -0.253. The Hall–Kier alpha value is -1.11. The number of piperazine rings is 1. The van der Waals surface area contributed by atoms with Crippen molar-refractivity contribution in [2.45, 2.75) is 31.9 Å². The number of halogens is 1. The summed E-state index contributed by atoms with van der Waals surface area (Å²) in [5, 5.41) is 10.7. The van der Waals surface area contributed by atoms with Gasteiger partial charge in [-0.15, -0.1) is 0 Å². The van der Waals surface area contributed by atoms with Gasteiger partial charge in [-0.3, -0.25) is 4.90 Å². The van der Waals surface area contributed by atoms with Gasteiger partial charge in [0, 0.05) is 47.9 Å². The van der Waals surface area contributed by atoms with Gasteiger partial charge in [0.25, 0.3) is 0 Å². The maximum Gasteiger partial charge on any atom is 0.0739 e. The van der Waals surface area contributed by atoms with Crippen LogP contribution in [0.25, 0.3) is 0 Å². The van der Waals surface area contributed by atoms with Crippen LogP contribution in [0.1, 0.15) is 16.7 Å². The molecule has 4 heteroatoms. The highest BCUT2D eigenvalue weighted by molar-refractivity contribution is 14.1. The van der Waals surface area contributed by atoms with Crippen molar-refractivity contribution in [1.29, 1.82) is 0 Å². The Labute approximate surface area is 163 Å². The molecule has 1 fully saturated rings. The number of benzene rings is 2. The Morgan fingerprint density at radius 3 is 2.40 bits per heavy atom. The molecule has 0 radical (unpaired) electrons. The second-order valence-electron chi connectivity index (χ2n) is 7.28. The number of aryl methyl sites for hydroxylation is 1. The third-order valence-corrected chi connectivity index (χ3v) is 6.70. The van der Waals surface area contributed by atoms with Crippen molar-refractivity contribution in [3.8, 4) is 0 Å². The van der Waals surface area contributed by atoms with Gasteiger partial charge < -0.3 is 10.0 Å². The van der Waals surface area contributed by atoms with Crippen molar-refractivity contribution in [2.24, 2.45) is 0 Å². The monoisotopic (exact) mass is 448 g/mol. The van der Waals surface area contributed by atoms with Crippen molar-refractivity contribution in [3.05, 3.63) is 62.7 Å². The predicted molar refractivity (Wildman–Crippen MR) is 111 cm³/mol. The molecule has 0 saturated carbocycles. The van der Waals surface area contributed by atoms with E-state index >= 15 is 0 Å². The van der Waals surface area contributed by atoms with E-state index in [9.17, 15) is 5.11 Å². The van der Waals surface area contributed by atoms with Gasteiger partial charge in [0.15, 0.2) is 0 Å². The SMILES string of the molecule is Cc1ccc(N2CCN([C@@H]3Cc4c(I)cccc4C[C@H]3O)CC2)cc1. The molecule has 2 aliphatic rings. The van der Waals surface area contributed by atoms with Crippen LogP contribution >= 0.6 is 22.6 Å². The van der Waals surface area contributed by atoms with Crippen LogP contribution in [0.4, 0.5) is 5.69 Å². The Morgan fingerprint density at radius 2 is 1.68 bits per heavy atom. The first kappa shape index (κ1) is 17.3. The van der Waals surface area contributed by atoms with Gasteiger partial charge in [0.05, 0.1) is 6.10 Å². The molecule has 2 aromatic rings. The van der Waals surface area contributed by atoms with E-state index in [0.717, 1.165) is 39.0 Å². The number of rotatable bonds is 2. The molecule has 2 atom stereocenters. The molecule has 0 unspecified atom stereocenters. The lowest BCUT2D eigenvalue weighted by molar-refractivity contribution is 0.0394. The van der Waals surface area contributed by atoms with Crippen molar-refractivity contribution < 1.29 is 5.11 Å². The maximum atomic E-state index is 10.7. The molecule has 2 aromatic carbocycles. The van der Waals surface area contributed by atoms with Gasteiger partial charge in [-0.2, -0.15) is 0 Å². The minimum absolute atomic E-state index is 0.253. The summed E-state index contributed by atoms with van der Waals surface area (Å²) in [5.41, 5.74) is 5.39. The second-order valence-corrected chi connectivity index (χ2v) is 8.44. The third-order valence-electron chi connectivity index (χ3n) is 5.68. The maximum absolute atomic E-state index is 10.7. The summed E-state index contributed by atoms with van der Waals surface area (Å²) in [7, 11) is 0. The molecule has 1 N–H and O–H groups in total. The van der Waals surface area contributed by atoms with Crippen LogP contribution in [0.5, 0.6) is 0 Å². The molecule has 1 aliphatic carbocycles. The van der Waals surface area contributed by atoms with E-state index in [1.165, 1.54) is 25.9 Å². The quantitative estimate of drug-likeness (QED) is 0.715. The van der Waals surface area contributed by atoms with E-state index in [0.29, 0.717) is 0 Å². The average molecular weight is 448 g/mol. The Morgan fingerprint density at radius 1 is 0.960 bits per heavy atom. The molecular formula is C21H25IN2O. The second kappa shape index (κ2) is 7.25. The highest BCUT2D eigenvalue weighted by Crippen LogP contribution is 2.29. The summed E-state index contributed by atoms with van der Waals surface area (Å²) in [6, 6.07) is 15.5. The molecule has 3 nitrogen and oxygen atoms in total. The van der Waals surface area contributed by atoms with Gasteiger partial charge in [-0.05, 0) is 65.3 Å². The van der Waals surface area contributed by atoms with Crippen LogP contribution in [0, 0.1) is 10.5 Å². The van der Waals surface area contributed by atoms with Crippen molar-refractivity contribution in [1.82, 2.24) is 4.90 Å². The summed E-state index contributed by atoms with van der Waals surface area (Å²) < 4.78 is 1.34. The van der Waals surface area contributed by atoms with Crippen LogP contribution in [0.2, 0.25) is 0 Å². The van der Waals surface area contributed by atoms with E-state index in [1.54, 1.807) is 0 Å². The molecule has 1 aliphatic heterocycles. The van der Waals surface area contributed by atoms with E-state index in [-0.39, 0.29) is 12.1 Å². The van der Waals surface area contributed by atoms with Crippen LogP contribution < -0.4 is 4.90 Å². The first-order valence-corrected chi connectivity index (χ1v) is 10.2. The number of nitrogens with zero attached hydrogens (tertiary/aromatic N) is 2. The summed E-state index contributed by atoms with van der Waals surface area (Å²) >= 11 is 2.44. The lowest BCUT2D eigenvalue weighted by Crippen LogP contribution is -2.56. The van der Waals surface area contributed by atoms with Gasteiger partial charge >= 0.3 is 0 Å². The zero-order valence-electron chi connectivity index (χ0n) is 14.7. The smallest absolute Gasteiger partial charge is 0.0739 e. The number of hydrogen-bond acceptors (Lipinski definition) is 3. The largest absolute Gasteiger partial charge is 0.391 e. The van der Waals surface area contributed by atoms with Gasteiger partial charge in [0.1, 0.15) is 0 Å². The standard InChI is InChI=1S/C21H25IN2O/c1-15-5-7-17(8-6-15)23-9-11-24(12-10-23)20-14-18-16(13-21(20)25)3-2-4-19(18)22/h2-8,20-21,25H,9-14H2,1H3/t20-,21-/m1/s1. The lowest BCUT2D eigenvalue weighted by Gasteiger charge is -2.43. The molecule has 132 valence electrons. The van der Waals surface area contributed by atoms with E-state index in [1.807, 2.05) is 0 Å². The van der Waals surface area contributed by atoms with Crippen LogP contribution in [0.3, 0.4) is 0 Å². The normalized spacial score (nSPS) is 24.2. The Bertz CT molecular complexity index is 738. The first-order valence-electron chi connectivity index (χ1n) is 9.12. The molecule has 1 heterocycles. The fraction of sp³-hybridized carbons (Fsp3) is 0.429. The highest BCUT2D eigenvalue weighted by atomic mass is 127. The Kier molecular flexibility index (Phi) is 5.02. The molecule has 0 bridgehead atoms. The summed E-state index contributed by atoms with van der Waals surface area (Å²) in [5.74, 6) is 0. The molecule has 0 aromatic heterocycles. The number of hydrogen-bond donors (Lipinski definition) is 1. The van der Waals surface area contributed by atoms with E-state index in [4.69, 9.17) is 0 Å². The third kappa shape index (κ3) is 3.57. The fourth-order valence-electron chi connectivity index (χ4n) is 4.17. The van der Waals surface area contributed by atoms with Crippen molar-refractivity contribution >= 4 is 28.3 Å². The van der Waals surface area contributed by atoms with Gasteiger partial charge in [-0.1, -0.05) is 29.8 Å². The number of anilines is 1. The minimum Gasteiger partial charge on any atom is -0.391 e. The van der Waals surface area contributed by atoms with Gasteiger partial charge in [0.2, 0.25) is 0 Å². The summed E-state index contributed by atoms with van der Waals surface area (Å²) in [6.45, 7) is 6.24. The Balaban J connectivity index is 1.44. The first-order chi connectivity index (χ1) is 12.1.